The van der Waals surface area contributed by atoms with Crippen molar-refractivity contribution in [2.24, 2.45) is 5.92 Å². The van der Waals surface area contributed by atoms with Crippen molar-refractivity contribution in [2.75, 3.05) is 11.9 Å². The minimum atomic E-state index is 0.488. The van der Waals surface area contributed by atoms with E-state index in [1.54, 1.807) is 18.0 Å². The number of nitrogens with zero attached hydrogens (tertiary/aromatic N) is 2. The molecule has 0 aromatic carbocycles. The number of rotatable bonds is 5. The van der Waals surface area contributed by atoms with Crippen LogP contribution in [-0.2, 0) is 0 Å². The molecule has 5 heteroatoms. The maximum absolute atomic E-state index is 6.07. The first kappa shape index (κ1) is 13.6. The van der Waals surface area contributed by atoms with E-state index in [4.69, 9.17) is 11.6 Å². The zero-order valence-electron chi connectivity index (χ0n) is 10.1. The average Bonchev–Trinajstić information content (AvgIpc) is 2.23. The van der Waals surface area contributed by atoms with E-state index >= 15 is 0 Å². The number of nitrogens with one attached hydrogen (secondary N) is 1. The first-order valence-corrected chi connectivity index (χ1v) is 6.73. The Balaban J connectivity index is 2.81. The second kappa shape index (κ2) is 6.30. The molecule has 0 spiro atoms. The molecular formula is C11H18ClN3S. The molecule has 1 rings (SSSR count). The third kappa shape index (κ3) is 3.83. The summed E-state index contributed by atoms with van der Waals surface area (Å²) in [6, 6.07) is 0. The van der Waals surface area contributed by atoms with Crippen LogP contribution in [0.5, 0.6) is 0 Å². The van der Waals surface area contributed by atoms with Crippen molar-refractivity contribution in [3.8, 4) is 0 Å². The molecule has 0 aliphatic carbocycles. The van der Waals surface area contributed by atoms with E-state index in [9.17, 15) is 0 Å². The molecule has 1 N–H and O–H groups in total. The maximum atomic E-state index is 6.07. The number of hydrogen-bond acceptors (Lipinski definition) is 4. The van der Waals surface area contributed by atoms with Crippen LogP contribution in [0.2, 0.25) is 5.02 Å². The highest BCUT2D eigenvalue weighted by molar-refractivity contribution is 8.00. The van der Waals surface area contributed by atoms with Crippen LogP contribution in [0.25, 0.3) is 0 Å². The van der Waals surface area contributed by atoms with Gasteiger partial charge in [0.1, 0.15) is 5.03 Å². The summed E-state index contributed by atoms with van der Waals surface area (Å²) < 4.78 is 0. The summed E-state index contributed by atoms with van der Waals surface area (Å²) in [5, 5.41) is 5.05. The second-order valence-electron chi connectivity index (χ2n) is 3.94. The second-order valence-corrected chi connectivity index (χ2v) is 5.72. The molecule has 1 aromatic rings. The lowest BCUT2D eigenvalue weighted by atomic mass is 10.2. The highest BCUT2D eigenvalue weighted by Crippen LogP contribution is 2.31. The van der Waals surface area contributed by atoms with E-state index in [-0.39, 0.29) is 0 Å². The lowest BCUT2D eigenvalue weighted by Gasteiger charge is -2.15. The van der Waals surface area contributed by atoms with E-state index in [2.05, 4.69) is 36.1 Å². The van der Waals surface area contributed by atoms with Gasteiger partial charge in [0.05, 0.1) is 11.2 Å². The van der Waals surface area contributed by atoms with Crippen molar-refractivity contribution >= 4 is 29.3 Å². The topological polar surface area (TPSA) is 37.8 Å². The Labute approximate surface area is 106 Å². The van der Waals surface area contributed by atoms with E-state index < -0.39 is 0 Å². The Hall–Kier alpha value is -0.480. The molecule has 1 atom stereocenters. The fourth-order valence-electron chi connectivity index (χ4n) is 0.990. The molecule has 16 heavy (non-hydrogen) atoms. The molecule has 1 unspecified atom stereocenters. The van der Waals surface area contributed by atoms with Crippen LogP contribution in [0.15, 0.2) is 11.2 Å². The van der Waals surface area contributed by atoms with Crippen molar-refractivity contribution < 1.29 is 0 Å². The van der Waals surface area contributed by atoms with Gasteiger partial charge in [-0.1, -0.05) is 32.4 Å². The van der Waals surface area contributed by atoms with Crippen molar-refractivity contribution in [3.63, 3.8) is 0 Å². The largest absolute Gasteiger partial charge is 0.354 e. The van der Waals surface area contributed by atoms with Crippen LogP contribution >= 0.6 is 23.4 Å². The smallest absolute Gasteiger partial charge is 0.223 e. The van der Waals surface area contributed by atoms with Crippen molar-refractivity contribution in [2.45, 2.75) is 38.0 Å². The lowest BCUT2D eigenvalue weighted by molar-refractivity contribution is 0.641. The molecule has 3 nitrogen and oxygen atoms in total. The van der Waals surface area contributed by atoms with Gasteiger partial charge in [0.25, 0.3) is 0 Å². The lowest BCUT2D eigenvalue weighted by Crippen LogP contribution is -2.07. The van der Waals surface area contributed by atoms with Gasteiger partial charge in [-0.2, -0.15) is 0 Å². The zero-order chi connectivity index (χ0) is 12.1. The fraction of sp³-hybridized carbons (Fsp3) is 0.636. The Morgan fingerprint density at radius 2 is 2.12 bits per heavy atom. The standard InChI is InChI=1S/C11H18ClN3S/c1-5-13-11-14-6-9(12)10(15-11)16-8(4)7(2)3/h6-8H,5H2,1-4H3,(H,13,14,15). The van der Waals surface area contributed by atoms with Gasteiger partial charge in [-0.25, -0.2) is 9.97 Å². The van der Waals surface area contributed by atoms with Crippen molar-refractivity contribution in [1.82, 2.24) is 9.97 Å². The predicted molar refractivity (Wildman–Crippen MR) is 71.4 cm³/mol. The summed E-state index contributed by atoms with van der Waals surface area (Å²) in [7, 11) is 0. The molecule has 0 aliphatic heterocycles. The summed E-state index contributed by atoms with van der Waals surface area (Å²) >= 11 is 7.77. The molecule has 0 amide bonds. The molecule has 0 saturated carbocycles. The Bertz CT molecular complexity index is 344. The Morgan fingerprint density at radius 1 is 1.44 bits per heavy atom. The quantitative estimate of drug-likeness (QED) is 0.646. The highest BCUT2D eigenvalue weighted by Gasteiger charge is 2.13. The van der Waals surface area contributed by atoms with E-state index in [0.717, 1.165) is 11.6 Å². The van der Waals surface area contributed by atoms with Gasteiger partial charge in [-0.15, -0.1) is 11.8 Å². The number of anilines is 1. The SMILES string of the molecule is CCNc1ncc(Cl)c(SC(C)C(C)C)n1. The number of hydrogen-bond donors (Lipinski definition) is 1. The van der Waals surface area contributed by atoms with Gasteiger partial charge < -0.3 is 5.32 Å². The van der Waals surface area contributed by atoms with E-state index in [1.165, 1.54) is 0 Å². The summed E-state index contributed by atoms with van der Waals surface area (Å²) in [5.41, 5.74) is 0. The molecule has 0 bridgehead atoms. The Kier molecular flexibility index (Phi) is 5.35. The minimum Gasteiger partial charge on any atom is -0.354 e. The first-order valence-electron chi connectivity index (χ1n) is 5.47. The van der Waals surface area contributed by atoms with Gasteiger partial charge in [-0.05, 0) is 12.8 Å². The minimum absolute atomic E-state index is 0.488. The summed E-state index contributed by atoms with van der Waals surface area (Å²) in [6.07, 6.45) is 1.65. The zero-order valence-corrected chi connectivity index (χ0v) is 11.7. The van der Waals surface area contributed by atoms with Crippen LogP contribution in [0.1, 0.15) is 27.7 Å². The molecule has 0 radical (unpaired) electrons. The summed E-state index contributed by atoms with van der Waals surface area (Å²) in [6.45, 7) is 9.39. The number of thioether (sulfide) groups is 1. The first-order chi connectivity index (χ1) is 7.54. The van der Waals surface area contributed by atoms with E-state index in [0.29, 0.717) is 22.1 Å². The molecule has 1 heterocycles. The van der Waals surface area contributed by atoms with Crippen LogP contribution in [0.3, 0.4) is 0 Å². The van der Waals surface area contributed by atoms with Gasteiger partial charge >= 0.3 is 0 Å². The number of aromatic nitrogens is 2. The van der Waals surface area contributed by atoms with Crippen molar-refractivity contribution in [3.05, 3.63) is 11.2 Å². The predicted octanol–water partition coefficient (Wildman–Crippen LogP) is 3.70. The van der Waals surface area contributed by atoms with Gasteiger partial charge in [0.2, 0.25) is 5.95 Å². The van der Waals surface area contributed by atoms with Crippen LogP contribution in [0.4, 0.5) is 5.95 Å². The third-order valence-electron chi connectivity index (χ3n) is 2.28. The van der Waals surface area contributed by atoms with Crippen LogP contribution in [0, 0.1) is 5.92 Å². The summed E-state index contributed by atoms with van der Waals surface area (Å²) in [5.74, 6) is 1.24. The normalized spacial score (nSPS) is 12.9. The van der Waals surface area contributed by atoms with Crippen LogP contribution < -0.4 is 5.32 Å². The average molecular weight is 260 g/mol. The monoisotopic (exact) mass is 259 g/mol. The van der Waals surface area contributed by atoms with Crippen molar-refractivity contribution in [1.29, 1.82) is 0 Å². The molecule has 90 valence electrons. The fourth-order valence-corrected chi connectivity index (χ4v) is 2.14. The molecule has 0 aliphatic rings. The molecule has 1 aromatic heterocycles. The third-order valence-corrected chi connectivity index (χ3v) is 4.12. The van der Waals surface area contributed by atoms with Gasteiger partial charge in [0, 0.05) is 11.8 Å². The number of halogens is 1. The van der Waals surface area contributed by atoms with E-state index in [1.807, 2.05) is 6.92 Å². The van der Waals surface area contributed by atoms with Gasteiger partial charge in [-0.3, -0.25) is 0 Å². The summed E-state index contributed by atoms with van der Waals surface area (Å²) in [4.78, 5) is 8.51. The highest BCUT2D eigenvalue weighted by atomic mass is 35.5. The molecule has 0 saturated heterocycles. The van der Waals surface area contributed by atoms with Gasteiger partial charge in [0.15, 0.2) is 0 Å². The van der Waals surface area contributed by atoms with Crippen LogP contribution in [-0.4, -0.2) is 21.8 Å². The maximum Gasteiger partial charge on any atom is 0.223 e. The molecule has 0 fully saturated rings. The molecular weight excluding hydrogens is 242 g/mol. The Morgan fingerprint density at radius 3 is 2.69 bits per heavy atom.